The van der Waals surface area contributed by atoms with Crippen molar-refractivity contribution in [3.63, 3.8) is 0 Å². The van der Waals surface area contributed by atoms with Crippen molar-refractivity contribution in [2.75, 3.05) is 19.0 Å². The summed E-state index contributed by atoms with van der Waals surface area (Å²) in [6.07, 6.45) is 0.141. The second kappa shape index (κ2) is 8.72. The van der Waals surface area contributed by atoms with Crippen molar-refractivity contribution in [2.24, 2.45) is 5.73 Å². The van der Waals surface area contributed by atoms with Crippen LogP contribution in [0.4, 0.5) is 5.69 Å². The second-order valence-electron chi connectivity index (χ2n) is 7.19. The van der Waals surface area contributed by atoms with Crippen LogP contribution in [-0.2, 0) is 9.59 Å². The first-order chi connectivity index (χ1) is 15.4. The van der Waals surface area contributed by atoms with Crippen LogP contribution in [0.2, 0.25) is 0 Å². The van der Waals surface area contributed by atoms with Crippen molar-refractivity contribution in [3.8, 4) is 22.6 Å². The van der Waals surface area contributed by atoms with Gasteiger partial charge in [-0.3, -0.25) is 9.59 Å². The molecular formula is C23H20N2O6S. The Bertz CT molecular complexity index is 1200. The Morgan fingerprint density at radius 1 is 1.19 bits per heavy atom. The van der Waals surface area contributed by atoms with Crippen LogP contribution >= 0.6 is 11.3 Å². The van der Waals surface area contributed by atoms with Gasteiger partial charge in [-0.1, -0.05) is 36.4 Å². The summed E-state index contributed by atoms with van der Waals surface area (Å²) in [6.45, 7) is -0.323. The molecule has 164 valence electrons. The van der Waals surface area contributed by atoms with Crippen LogP contribution in [0.5, 0.6) is 11.5 Å². The number of fused-ring (bicyclic) bond motifs is 1. The third-order valence-electron chi connectivity index (χ3n) is 5.12. The fraction of sp³-hybridized carbons (Fsp3) is 0.174. The lowest BCUT2D eigenvalue weighted by Crippen LogP contribution is -2.23. The van der Waals surface area contributed by atoms with Crippen LogP contribution < -0.4 is 20.5 Å². The van der Waals surface area contributed by atoms with Gasteiger partial charge in [0.25, 0.3) is 5.91 Å². The lowest BCUT2D eigenvalue weighted by molar-refractivity contribution is -0.120. The van der Waals surface area contributed by atoms with Crippen LogP contribution in [0.15, 0.2) is 48.5 Å². The Hall–Kier alpha value is -3.85. The number of methoxy groups -OCH3 is 1. The molecule has 1 aliphatic heterocycles. The number of carboxylic acid groups (broad SMARTS) is 1. The minimum absolute atomic E-state index is 0.141. The number of nitrogens with two attached hydrogens (primary N) is 1. The molecule has 0 saturated heterocycles. The number of rotatable bonds is 7. The number of anilines is 1. The molecule has 9 heteroatoms. The third kappa shape index (κ3) is 4.02. The molecule has 1 aliphatic rings. The first-order valence-corrected chi connectivity index (χ1v) is 10.5. The van der Waals surface area contributed by atoms with Crippen LogP contribution in [0.3, 0.4) is 0 Å². The zero-order chi connectivity index (χ0) is 22.8. The van der Waals surface area contributed by atoms with Crippen molar-refractivity contribution < 1.29 is 29.0 Å². The number of carbonyl (C=O) groups is 3. The Labute approximate surface area is 187 Å². The van der Waals surface area contributed by atoms with E-state index in [1.54, 1.807) is 18.2 Å². The van der Waals surface area contributed by atoms with Gasteiger partial charge in [-0.05, 0) is 23.3 Å². The molecule has 8 nitrogen and oxygen atoms in total. The fourth-order valence-corrected chi connectivity index (χ4v) is 5.00. The highest BCUT2D eigenvalue weighted by Crippen LogP contribution is 2.50. The molecule has 2 heterocycles. The van der Waals surface area contributed by atoms with Crippen LogP contribution in [0.25, 0.3) is 11.1 Å². The fourth-order valence-electron chi connectivity index (χ4n) is 3.76. The van der Waals surface area contributed by atoms with Gasteiger partial charge < -0.3 is 25.6 Å². The molecule has 1 atom stereocenters. The Balaban J connectivity index is 1.84. The molecule has 1 aromatic heterocycles. The lowest BCUT2D eigenvalue weighted by atomic mass is 9.88. The predicted molar refractivity (Wildman–Crippen MR) is 119 cm³/mol. The molecule has 3 aromatic rings. The van der Waals surface area contributed by atoms with E-state index >= 15 is 0 Å². The third-order valence-corrected chi connectivity index (χ3v) is 6.41. The number of thiophene rings is 1. The molecule has 0 radical (unpaired) electrons. The maximum atomic E-state index is 12.6. The average molecular weight is 452 g/mol. The van der Waals surface area contributed by atoms with Gasteiger partial charge >= 0.3 is 5.97 Å². The summed E-state index contributed by atoms with van der Waals surface area (Å²) < 4.78 is 10.8. The largest absolute Gasteiger partial charge is 0.493 e. The van der Waals surface area contributed by atoms with Crippen molar-refractivity contribution in [2.45, 2.75) is 12.3 Å². The van der Waals surface area contributed by atoms with E-state index < -0.39 is 11.9 Å². The highest BCUT2D eigenvalue weighted by molar-refractivity contribution is 7.15. The maximum absolute atomic E-state index is 12.6. The van der Waals surface area contributed by atoms with Gasteiger partial charge in [0.15, 0.2) is 18.1 Å². The normalized spacial score (nSPS) is 14.9. The van der Waals surface area contributed by atoms with Crippen molar-refractivity contribution in [1.82, 2.24) is 0 Å². The number of carbonyl (C=O) groups excluding carboxylic acids is 2. The van der Waals surface area contributed by atoms with E-state index in [-0.39, 0.29) is 29.7 Å². The molecule has 0 spiro atoms. The standard InChI is InChI=1S/C23H20N2O6S/c1-30-15-8-7-13(9-16(15)31-11-17(24)26)14-10-18(27)25-20-19(12-5-3-2-4-6-12)22(23(28)29)32-21(14)20/h2-9,14H,10-11H2,1H3,(H2,24,26)(H,25,27)(H,28,29)/t14-/m1/s1. The quantitative estimate of drug-likeness (QED) is 0.504. The second-order valence-corrected chi connectivity index (χ2v) is 8.24. The zero-order valence-electron chi connectivity index (χ0n) is 17.1. The summed E-state index contributed by atoms with van der Waals surface area (Å²) in [6, 6.07) is 14.3. The minimum Gasteiger partial charge on any atom is -0.493 e. The van der Waals surface area contributed by atoms with Gasteiger partial charge in [0, 0.05) is 22.8 Å². The van der Waals surface area contributed by atoms with Crippen LogP contribution in [0, 0.1) is 0 Å². The summed E-state index contributed by atoms with van der Waals surface area (Å²) in [4.78, 5) is 36.7. The van der Waals surface area contributed by atoms with E-state index in [1.807, 2.05) is 30.3 Å². The minimum atomic E-state index is -1.06. The van der Waals surface area contributed by atoms with Gasteiger partial charge in [0.2, 0.25) is 5.91 Å². The van der Waals surface area contributed by atoms with Gasteiger partial charge in [-0.2, -0.15) is 0 Å². The SMILES string of the molecule is COc1ccc([C@H]2CC(=O)Nc3c2sc(C(=O)O)c3-c2ccccc2)cc1OCC(N)=O. The highest BCUT2D eigenvalue weighted by Gasteiger charge is 2.34. The molecule has 0 unspecified atom stereocenters. The molecule has 0 aliphatic carbocycles. The maximum Gasteiger partial charge on any atom is 0.346 e. The number of carboxylic acids is 1. The Kier molecular flexibility index (Phi) is 5.83. The van der Waals surface area contributed by atoms with Crippen molar-refractivity contribution in [3.05, 3.63) is 63.8 Å². The molecule has 2 amide bonds. The molecule has 4 N–H and O–H groups in total. The molecule has 0 bridgehead atoms. The van der Waals surface area contributed by atoms with Crippen LogP contribution in [0.1, 0.15) is 32.5 Å². The van der Waals surface area contributed by atoms with Gasteiger partial charge in [-0.25, -0.2) is 4.79 Å². The average Bonchev–Trinajstić information content (AvgIpc) is 3.17. The van der Waals surface area contributed by atoms with E-state index in [2.05, 4.69) is 5.32 Å². The first kappa shape index (κ1) is 21.4. The molecular weight excluding hydrogens is 432 g/mol. The Morgan fingerprint density at radius 3 is 2.59 bits per heavy atom. The topological polar surface area (TPSA) is 128 Å². The molecule has 0 fully saturated rings. The van der Waals surface area contributed by atoms with E-state index in [1.165, 1.54) is 7.11 Å². The van der Waals surface area contributed by atoms with E-state index in [4.69, 9.17) is 15.2 Å². The number of amides is 2. The molecule has 32 heavy (non-hydrogen) atoms. The van der Waals surface area contributed by atoms with E-state index in [9.17, 15) is 19.5 Å². The highest BCUT2D eigenvalue weighted by atomic mass is 32.1. The molecule has 0 saturated carbocycles. The monoisotopic (exact) mass is 452 g/mol. The number of hydrogen-bond acceptors (Lipinski definition) is 6. The summed E-state index contributed by atoms with van der Waals surface area (Å²) in [5.74, 6) is -1.57. The molecule has 4 rings (SSSR count). The number of hydrogen-bond donors (Lipinski definition) is 3. The van der Waals surface area contributed by atoms with Crippen molar-refractivity contribution in [1.29, 1.82) is 0 Å². The smallest absolute Gasteiger partial charge is 0.346 e. The van der Waals surface area contributed by atoms with Crippen LogP contribution in [-0.4, -0.2) is 36.6 Å². The van der Waals surface area contributed by atoms with Gasteiger partial charge in [0.05, 0.1) is 12.8 Å². The Morgan fingerprint density at radius 2 is 1.94 bits per heavy atom. The summed E-state index contributed by atoms with van der Waals surface area (Å²) in [5.41, 5.74) is 7.64. The number of nitrogens with one attached hydrogen (secondary N) is 1. The summed E-state index contributed by atoms with van der Waals surface area (Å²) in [5, 5.41) is 12.7. The summed E-state index contributed by atoms with van der Waals surface area (Å²) >= 11 is 1.14. The van der Waals surface area contributed by atoms with E-state index in [0.29, 0.717) is 28.3 Å². The molecule has 2 aromatic carbocycles. The number of ether oxygens (including phenoxy) is 2. The number of primary amides is 1. The first-order valence-electron chi connectivity index (χ1n) is 9.73. The zero-order valence-corrected chi connectivity index (χ0v) is 17.9. The van der Waals surface area contributed by atoms with Gasteiger partial charge in [0.1, 0.15) is 4.88 Å². The number of benzene rings is 2. The summed E-state index contributed by atoms with van der Waals surface area (Å²) in [7, 11) is 1.48. The van der Waals surface area contributed by atoms with Gasteiger partial charge in [-0.15, -0.1) is 11.3 Å². The lowest BCUT2D eigenvalue weighted by Gasteiger charge is -2.24. The van der Waals surface area contributed by atoms with Crippen molar-refractivity contribution >= 4 is 34.8 Å². The predicted octanol–water partition coefficient (Wildman–Crippen LogP) is 3.46. The van der Waals surface area contributed by atoms with E-state index in [0.717, 1.165) is 21.8 Å². The number of aromatic carboxylic acids is 1.